The molecule has 3 aromatic rings. The summed E-state index contributed by atoms with van der Waals surface area (Å²) in [6, 6.07) is 15.9. The fraction of sp³-hybridized carbons (Fsp3) is 0.280. The van der Waals surface area contributed by atoms with Crippen LogP contribution in [0.1, 0.15) is 13.3 Å². The number of hydrogen-bond donors (Lipinski definition) is 2. The van der Waals surface area contributed by atoms with Gasteiger partial charge < -0.3 is 19.9 Å². The quantitative estimate of drug-likeness (QED) is 0.311. The standard InChI is InChI=1S/C25H24BrN3O3S2/c1-2-18(26)25(31)27-15-6-7-20-22(12-15)33-21-5-3-4-17(24(21)34-20)19-13-16(14-23(30)28-19)29-8-10-32-11-9-29/h3-7,12-14,18H,2,8-11H2,1H3,(H,27,31)(H,28,30). The van der Waals surface area contributed by atoms with E-state index in [1.807, 2.05) is 31.2 Å². The van der Waals surface area contributed by atoms with Crippen LogP contribution in [0, 0.1) is 0 Å². The SMILES string of the molecule is CCC(Br)C(=O)Nc1ccc2c(c1)Sc1cccc(-c3cc(N4CCOCC4)cc(=O)[nH]3)c1S2. The molecule has 3 heterocycles. The molecule has 176 valence electrons. The van der Waals surface area contributed by atoms with Crippen molar-refractivity contribution in [3.05, 3.63) is 58.9 Å². The van der Waals surface area contributed by atoms with Crippen LogP contribution in [0.5, 0.6) is 0 Å². The van der Waals surface area contributed by atoms with Crippen molar-refractivity contribution in [1.82, 2.24) is 4.98 Å². The Morgan fingerprint density at radius 3 is 2.74 bits per heavy atom. The summed E-state index contributed by atoms with van der Waals surface area (Å²) in [6.07, 6.45) is 0.729. The molecule has 1 unspecified atom stereocenters. The van der Waals surface area contributed by atoms with E-state index in [1.165, 1.54) is 0 Å². The van der Waals surface area contributed by atoms with Gasteiger partial charge in [-0.15, -0.1) is 0 Å². The van der Waals surface area contributed by atoms with Gasteiger partial charge in [-0.3, -0.25) is 9.59 Å². The van der Waals surface area contributed by atoms with Crippen LogP contribution in [0.2, 0.25) is 0 Å². The molecule has 2 aliphatic rings. The van der Waals surface area contributed by atoms with E-state index in [1.54, 1.807) is 29.6 Å². The summed E-state index contributed by atoms with van der Waals surface area (Å²) in [7, 11) is 0. The van der Waals surface area contributed by atoms with E-state index in [0.717, 1.165) is 61.7 Å². The third kappa shape index (κ3) is 4.93. The number of pyridine rings is 1. The van der Waals surface area contributed by atoms with Gasteiger partial charge in [-0.1, -0.05) is 58.5 Å². The molecule has 5 rings (SSSR count). The van der Waals surface area contributed by atoms with E-state index in [-0.39, 0.29) is 16.3 Å². The maximum absolute atomic E-state index is 12.5. The summed E-state index contributed by atoms with van der Waals surface area (Å²) >= 11 is 6.78. The van der Waals surface area contributed by atoms with Crippen LogP contribution in [-0.2, 0) is 9.53 Å². The third-order valence-electron chi connectivity index (χ3n) is 5.76. The zero-order valence-corrected chi connectivity index (χ0v) is 21.8. The number of anilines is 2. The number of aromatic nitrogens is 1. The van der Waals surface area contributed by atoms with Gasteiger partial charge in [0.05, 0.1) is 23.7 Å². The number of aromatic amines is 1. The number of nitrogens with zero attached hydrogens (tertiary/aromatic N) is 1. The van der Waals surface area contributed by atoms with Crippen LogP contribution >= 0.6 is 39.5 Å². The summed E-state index contributed by atoms with van der Waals surface area (Å²) in [4.78, 5) is 34.3. The minimum Gasteiger partial charge on any atom is -0.378 e. The maximum Gasteiger partial charge on any atom is 0.250 e. The van der Waals surface area contributed by atoms with Gasteiger partial charge in [-0.05, 0) is 36.8 Å². The number of carbonyl (C=O) groups excluding carboxylic acids is 1. The highest BCUT2D eigenvalue weighted by atomic mass is 79.9. The van der Waals surface area contributed by atoms with Gasteiger partial charge in [0.2, 0.25) is 11.5 Å². The number of nitrogens with one attached hydrogen (secondary N) is 2. The predicted molar refractivity (Wildman–Crippen MR) is 142 cm³/mol. The van der Waals surface area contributed by atoms with Crippen LogP contribution in [-0.4, -0.2) is 42.0 Å². The highest BCUT2D eigenvalue weighted by Gasteiger charge is 2.23. The zero-order valence-electron chi connectivity index (χ0n) is 18.6. The van der Waals surface area contributed by atoms with Crippen molar-refractivity contribution >= 4 is 56.7 Å². The highest BCUT2D eigenvalue weighted by Crippen LogP contribution is 2.52. The van der Waals surface area contributed by atoms with E-state index >= 15 is 0 Å². The first kappa shape index (κ1) is 23.5. The van der Waals surface area contributed by atoms with Crippen molar-refractivity contribution in [3.63, 3.8) is 0 Å². The Hall–Kier alpha value is -2.20. The van der Waals surface area contributed by atoms with Crippen molar-refractivity contribution in [2.75, 3.05) is 36.5 Å². The lowest BCUT2D eigenvalue weighted by molar-refractivity contribution is -0.115. The van der Waals surface area contributed by atoms with Gasteiger partial charge in [0.1, 0.15) is 0 Å². The van der Waals surface area contributed by atoms with Crippen molar-refractivity contribution in [2.45, 2.75) is 37.8 Å². The second-order valence-corrected chi connectivity index (χ2v) is 11.3. The minimum atomic E-state index is -0.204. The zero-order chi connectivity index (χ0) is 23.7. The number of fused-ring (bicyclic) bond motifs is 2. The highest BCUT2D eigenvalue weighted by molar-refractivity contribution is 9.10. The molecular weight excluding hydrogens is 534 g/mol. The molecule has 0 aliphatic carbocycles. The van der Waals surface area contributed by atoms with E-state index < -0.39 is 0 Å². The van der Waals surface area contributed by atoms with E-state index in [0.29, 0.717) is 13.2 Å². The number of H-pyrrole nitrogens is 1. The second kappa shape index (κ2) is 10.2. The van der Waals surface area contributed by atoms with Crippen molar-refractivity contribution in [3.8, 4) is 11.3 Å². The number of rotatable bonds is 5. The monoisotopic (exact) mass is 557 g/mol. The molecule has 2 aliphatic heterocycles. The largest absolute Gasteiger partial charge is 0.378 e. The third-order valence-corrected chi connectivity index (χ3v) is 9.42. The Morgan fingerprint density at radius 2 is 1.94 bits per heavy atom. The van der Waals surface area contributed by atoms with Crippen molar-refractivity contribution < 1.29 is 9.53 Å². The van der Waals surface area contributed by atoms with Crippen LogP contribution in [0.15, 0.2) is 72.9 Å². The molecule has 0 bridgehead atoms. The van der Waals surface area contributed by atoms with Gasteiger partial charge in [0, 0.05) is 55.7 Å². The van der Waals surface area contributed by atoms with Crippen LogP contribution in [0.3, 0.4) is 0 Å². The molecule has 34 heavy (non-hydrogen) atoms. The number of alkyl halides is 1. The average molecular weight is 559 g/mol. The van der Waals surface area contributed by atoms with E-state index in [9.17, 15) is 9.59 Å². The maximum atomic E-state index is 12.5. The van der Waals surface area contributed by atoms with Crippen molar-refractivity contribution in [1.29, 1.82) is 0 Å². The Labute approximate surface area is 215 Å². The number of halogens is 1. The minimum absolute atomic E-state index is 0.0392. The molecule has 1 atom stereocenters. The summed E-state index contributed by atoms with van der Waals surface area (Å²) in [5, 5.41) is 2.99. The van der Waals surface area contributed by atoms with Gasteiger partial charge in [-0.2, -0.15) is 0 Å². The molecule has 9 heteroatoms. The molecule has 2 N–H and O–H groups in total. The molecule has 2 aromatic carbocycles. The predicted octanol–water partition coefficient (Wildman–Crippen LogP) is 5.61. The molecular formula is C25H24BrN3O3S2. The Morgan fingerprint density at radius 1 is 1.12 bits per heavy atom. The number of hydrogen-bond acceptors (Lipinski definition) is 6. The topological polar surface area (TPSA) is 74.4 Å². The molecule has 1 aromatic heterocycles. The molecule has 1 saturated heterocycles. The molecule has 1 fully saturated rings. The lowest BCUT2D eigenvalue weighted by Crippen LogP contribution is -2.36. The summed E-state index contributed by atoms with van der Waals surface area (Å²) in [5.41, 5.74) is 3.43. The number of benzene rings is 2. The fourth-order valence-corrected chi connectivity index (χ4v) is 6.50. The first-order chi connectivity index (χ1) is 16.5. The van der Waals surface area contributed by atoms with E-state index in [2.05, 4.69) is 49.3 Å². The van der Waals surface area contributed by atoms with Gasteiger partial charge >= 0.3 is 0 Å². The van der Waals surface area contributed by atoms with Gasteiger partial charge in [-0.25, -0.2) is 0 Å². The summed E-state index contributed by atoms with van der Waals surface area (Å²) < 4.78 is 5.46. The average Bonchev–Trinajstić information content (AvgIpc) is 2.86. The van der Waals surface area contributed by atoms with Crippen LogP contribution < -0.4 is 15.8 Å². The molecule has 0 radical (unpaired) electrons. The fourth-order valence-electron chi connectivity index (χ4n) is 3.98. The Balaban J connectivity index is 1.45. The van der Waals surface area contributed by atoms with Gasteiger partial charge in [0.25, 0.3) is 0 Å². The molecule has 0 spiro atoms. The summed E-state index contributed by atoms with van der Waals surface area (Å²) in [6.45, 7) is 4.87. The van der Waals surface area contributed by atoms with Crippen molar-refractivity contribution in [2.24, 2.45) is 0 Å². The number of ether oxygens (including phenoxy) is 1. The summed E-state index contributed by atoms with van der Waals surface area (Å²) in [5.74, 6) is -0.0392. The number of carbonyl (C=O) groups is 1. The molecule has 6 nitrogen and oxygen atoms in total. The normalized spacial score (nSPS) is 15.9. The first-order valence-corrected chi connectivity index (χ1v) is 13.7. The van der Waals surface area contributed by atoms with E-state index in [4.69, 9.17) is 4.74 Å². The molecule has 0 saturated carbocycles. The lowest BCUT2D eigenvalue weighted by Gasteiger charge is -2.29. The molecule has 1 amide bonds. The Bertz CT molecular complexity index is 1290. The first-order valence-electron chi connectivity index (χ1n) is 11.2. The lowest BCUT2D eigenvalue weighted by atomic mass is 10.1. The van der Waals surface area contributed by atoms with Crippen LogP contribution in [0.25, 0.3) is 11.3 Å². The number of amides is 1. The Kier molecular flexibility index (Phi) is 7.06. The van der Waals surface area contributed by atoms with Gasteiger partial charge in [0.15, 0.2) is 0 Å². The van der Waals surface area contributed by atoms with Crippen LogP contribution in [0.4, 0.5) is 11.4 Å². The smallest absolute Gasteiger partial charge is 0.250 e. The number of morpholine rings is 1. The second-order valence-electron chi connectivity index (χ2n) is 8.08.